The maximum absolute atomic E-state index is 12.1. The van der Waals surface area contributed by atoms with Crippen molar-refractivity contribution >= 4 is 27.3 Å². The molecule has 8 heteroatoms. The van der Waals surface area contributed by atoms with Gasteiger partial charge in [-0.2, -0.15) is 0 Å². The zero-order chi connectivity index (χ0) is 16.9. The van der Waals surface area contributed by atoms with Crippen LogP contribution in [-0.4, -0.2) is 20.1 Å². The Labute approximate surface area is 134 Å². The molecule has 7 nitrogen and oxygen atoms in total. The van der Waals surface area contributed by atoms with Gasteiger partial charge in [0.25, 0.3) is 5.91 Å². The fraction of sp³-hybridized carbons (Fsp3) is 0.267. The van der Waals surface area contributed by atoms with Crippen molar-refractivity contribution in [3.8, 4) is 0 Å². The van der Waals surface area contributed by atoms with Crippen LogP contribution in [0, 0.1) is 0 Å². The third-order valence-corrected chi connectivity index (χ3v) is 4.48. The molecule has 0 aliphatic rings. The van der Waals surface area contributed by atoms with E-state index in [2.05, 4.69) is 10.0 Å². The predicted octanol–water partition coefficient (Wildman–Crippen LogP) is 2.14. The molecule has 1 heterocycles. The van der Waals surface area contributed by atoms with Crippen LogP contribution in [0.4, 0.5) is 11.4 Å². The van der Waals surface area contributed by atoms with Crippen molar-refractivity contribution in [1.29, 1.82) is 0 Å². The van der Waals surface area contributed by atoms with E-state index in [1.807, 2.05) is 0 Å². The van der Waals surface area contributed by atoms with Crippen molar-refractivity contribution in [3.05, 3.63) is 47.9 Å². The van der Waals surface area contributed by atoms with Gasteiger partial charge >= 0.3 is 0 Å². The van der Waals surface area contributed by atoms with E-state index in [9.17, 15) is 13.2 Å². The molecule has 0 saturated heterocycles. The number of benzene rings is 1. The Bertz CT molecular complexity index is 784. The molecule has 0 aliphatic heterocycles. The molecular formula is C15H19N3O4S. The summed E-state index contributed by atoms with van der Waals surface area (Å²) >= 11 is 0. The van der Waals surface area contributed by atoms with Crippen LogP contribution < -0.4 is 15.8 Å². The number of rotatable bonds is 7. The van der Waals surface area contributed by atoms with Crippen LogP contribution in [0.3, 0.4) is 0 Å². The first-order valence-electron chi connectivity index (χ1n) is 7.13. The summed E-state index contributed by atoms with van der Waals surface area (Å²) < 4.78 is 31.1. The second kappa shape index (κ2) is 7.30. The van der Waals surface area contributed by atoms with Crippen molar-refractivity contribution in [1.82, 2.24) is 0 Å². The van der Waals surface area contributed by atoms with Crippen LogP contribution in [0.2, 0.25) is 0 Å². The SMILES string of the molecule is CCCS(=O)(=O)Nc1cccc(NC(=O)c2coc(CN)c2)c1. The number of carbonyl (C=O) groups excluding carboxylic acids is 1. The van der Waals surface area contributed by atoms with E-state index in [0.29, 0.717) is 29.1 Å². The van der Waals surface area contributed by atoms with Gasteiger partial charge in [0, 0.05) is 5.69 Å². The molecule has 1 aromatic heterocycles. The highest BCUT2D eigenvalue weighted by atomic mass is 32.2. The van der Waals surface area contributed by atoms with E-state index in [-0.39, 0.29) is 18.2 Å². The number of carbonyl (C=O) groups is 1. The largest absolute Gasteiger partial charge is 0.467 e. The Balaban J connectivity index is 2.09. The summed E-state index contributed by atoms with van der Waals surface area (Å²) in [5.74, 6) is 0.193. The minimum Gasteiger partial charge on any atom is -0.467 e. The normalized spacial score (nSPS) is 11.2. The summed E-state index contributed by atoms with van der Waals surface area (Å²) in [6.07, 6.45) is 1.85. The number of nitrogens with two attached hydrogens (primary N) is 1. The van der Waals surface area contributed by atoms with Crippen molar-refractivity contribution < 1.29 is 17.6 Å². The molecule has 0 spiro atoms. The van der Waals surface area contributed by atoms with Crippen LogP contribution in [0.15, 0.2) is 41.0 Å². The van der Waals surface area contributed by atoms with E-state index in [1.165, 1.54) is 6.26 Å². The van der Waals surface area contributed by atoms with Gasteiger partial charge in [-0.15, -0.1) is 0 Å². The van der Waals surface area contributed by atoms with Gasteiger partial charge in [-0.3, -0.25) is 9.52 Å². The molecule has 0 bridgehead atoms. The Kier molecular flexibility index (Phi) is 5.41. The minimum atomic E-state index is -3.37. The zero-order valence-corrected chi connectivity index (χ0v) is 13.5. The lowest BCUT2D eigenvalue weighted by Gasteiger charge is -2.09. The summed E-state index contributed by atoms with van der Waals surface area (Å²) in [6, 6.07) is 8.05. The van der Waals surface area contributed by atoms with Gasteiger partial charge in [0.1, 0.15) is 12.0 Å². The van der Waals surface area contributed by atoms with Gasteiger partial charge in [-0.05, 0) is 30.7 Å². The maximum Gasteiger partial charge on any atom is 0.258 e. The van der Waals surface area contributed by atoms with Crippen molar-refractivity contribution in [3.63, 3.8) is 0 Å². The van der Waals surface area contributed by atoms with Crippen LogP contribution in [-0.2, 0) is 16.6 Å². The highest BCUT2D eigenvalue weighted by molar-refractivity contribution is 7.92. The van der Waals surface area contributed by atoms with E-state index in [0.717, 1.165) is 0 Å². The van der Waals surface area contributed by atoms with Gasteiger partial charge < -0.3 is 15.5 Å². The number of furan rings is 1. The molecule has 2 aromatic rings. The van der Waals surface area contributed by atoms with Crippen molar-refractivity contribution in [2.75, 3.05) is 15.8 Å². The average molecular weight is 337 g/mol. The average Bonchev–Trinajstić information content (AvgIpc) is 2.96. The van der Waals surface area contributed by atoms with Crippen LogP contribution >= 0.6 is 0 Å². The summed E-state index contributed by atoms with van der Waals surface area (Å²) in [6.45, 7) is 2.00. The molecule has 0 saturated carbocycles. The van der Waals surface area contributed by atoms with E-state index in [4.69, 9.17) is 10.2 Å². The Hall–Kier alpha value is -2.32. The molecule has 1 amide bonds. The number of sulfonamides is 1. The van der Waals surface area contributed by atoms with E-state index < -0.39 is 10.0 Å². The number of nitrogens with one attached hydrogen (secondary N) is 2. The number of anilines is 2. The topological polar surface area (TPSA) is 114 Å². The molecule has 23 heavy (non-hydrogen) atoms. The molecule has 0 unspecified atom stereocenters. The quantitative estimate of drug-likeness (QED) is 0.716. The van der Waals surface area contributed by atoms with Gasteiger partial charge in [-0.1, -0.05) is 13.0 Å². The predicted molar refractivity (Wildman–Crippen MR) is 88.7 cm³/mol. The molecule has 4 N–H and O–H groups in total. The van der Waals surface area contributed by atoms with Gasteiger partial charge in [0.05, 0.1) is 23.5 Å². The summed E-state index contributed by atoms with van der Waals surface area (Å²) in [7, 11) is -3.37. The Morgan fingerprint density at radius 2 is 2.00 bits per heavy atom. The first-order chi connectivity index (χ1) is 10.9. The standard InChI is InChI=1S/C15H19N3O4S/c1-2-6-23(20,21)18-13-5-3-4-12(8-13)17-15(19)11-7-14(9-16)22-10-11/h3-5,7-8,10,18H,2,6,9,16H2,1H3,(H,17,19). The van der Waals surface area contributed by atoms with Crippen molar-refractivity contribution in [2.45, 2.75) is 19.9 Å². The van der Waals surface area contributed by atoms with Crippen molar-refractivity contribution in [2.24, 2.45) is 5.73 Å². The van der Waals surface area contributed by atoms with E-state index >= 15 is 0 Å². The fourth-order valence-electron chi connectivity index (χ4n) is 1.97. The lowest BCUT2D eigenvalue weighted by atomic mass is 10.2. The summed E-state index contributed by atoms with van der Waals surface area (Å²) in [4.78, 5) is 12.1. The zero-order valence-electron chi connectivity index (χ0n) is 12.7. The first-order valence-corrected chi connectivity index (χ1v) is 8.78. The fourth-order valence-corrected chi connectivity index (χ4v) is 3.10. The highest BCUT2D eigenvalue weighted by Crippen LogP contribution is 2.18. The van der Waals surface area contributed by atoms with Gasteiger partial charge in [0.15, 0.2) is 0 Å². The van der Waals surface area contributed by atoms with Gasteiger partial charge in [-0.25, -0.2) is 8.42 Å². The monoisotopic (exact) mass is 337 g/mol. The molecule has 0 fully saturated rings. The highest BCUT2D eigenvalue weighted by Gasteiger charge is 2.12. The van der Waals surface area contributed by atoms with Gasteiger partial charge in [0.2, 0.25) is 10.0 Å². The lowest BCUT2D eigenvalue weighted by Crippen LogP contribution is -2.16. The molecule has 1 aromatic carbocycles. The van der Waals surface area contributed by atoms with Crippen LogP contribution in [0.1, 0.15) is 29.5 Å². The lowest BCUT2D eigenvalue weighted by molar-refractivity contribution is 0.102. The third kappa shape index (κ3) is 4.83. The second-order valence-corrected chi connectivity index (χ2v) is 6.80. The first kappa shape index (κ1) is 17.0. The summed E-state index contributed by atoms with van der Waals surface area (Å²) in [5, 5.41) is 2.68. The Morgan fingerprint density at radius 3 is 2.65 bits per heavy atom. The molecule has 0 atom stereocenters. The number of hydrogen-bond acceptors (Lipinski definition) is 5. The second-order valence-electron chi connectivity index (χ2n) is 4.96. The molecular weight excluding hydrogens is 318 g/mol. The number of hydrogen-bond donors (Lipinski definition) is 3. The minimum absolute atomic E-state index is 0.0421. The molecule has 2 rings (SSSR count). The van der Waals surface area contributed by atoms with E-state index in [1.54, 1.807) is 37.3 Å². The number of amides is 1. The molecule has 0 radical (unpaired) electrons. The third-order valence-electron chi connectivity index (χ3n) is 2.98. The maximum atomic E-state index is 12.1. The molecule has 0 aliphatic carbocycles. The smallest absolute Gasteiger partial charge is 0.258 e. The summed E-state index contributed by atoms with van der Waals surface area (Å²) in [5.41, 5.74) is 6.65. The van der Waals surface area contributed by atoms with Crippen LogP contribution in [0.25, 0.3) is 0 Å². The Morgan fingerprint density at radius 1 is 1.26 bits per heavy atom. The molecule has 124 valence electrons. The van der Waals surface area contributed by atoms with Crippen LogP contribution in [0.5, 0.6) is 0 Å².